The van der Waals surface area contributed by atoms with Gasteiger partial charge in [-0.2, -0.15) is 0 Å². The van der Waals surface area contributed by atoms with Crippen LogP contribution in [0, 0.1) is 17.6 Å². The summed E-state index contributed by atoms with van der Waals surface area (Å²) < 4.78 is 25.9. The van der Waals surface area contributed by atoms with Crippen LogP contribution in [0.4, 0.5) is 8.78 Å². The van der Waals surface area contributed by atoms with Gasteiger partial charge in [0.05, 0.1) is 0 Å². The predicted octanol–water partition coefficient (Wildman–Crippen LogP) is 1.73. The van der Waals surface area contributed by atoms with Gasteiger partial charge >= 0.3 is 0 Å². The molecule has 0 radical (unpaired) electrons. The zero-order valence-electron chi connectivity index (χ0n) is 7.19. The van der Waals surface area contributed by atoms with Crippen molar-refractivity contribution in [1.29, 1.82) is 0 Å². The van der Waals surface area contributed by atoms with Crippen molar-refractivity contribution >= 4 is 0 Å². The van der Waals surface area contributed by atoms with Gasteiger partial charge in [0.1, 0.15) is 0 Å². The Morgan fingerprint density at radius 1 is 1.31 bits per heavy atom. The maximum absolute atomic E-state index is 13.1. The topological polar surface area (TPSA) is 12.0 Å². The molecule has 2 rings (SSSR count). The zero-order valence-corrected chi connectivity index (χ0v) is 7.19. The molecule has 0 aromatic heterocycles. The van der Waals surface area contributed by atoms with Crippen LogP contribution < -0.4 is 5.32 Å². The average Bonchev–Trinajstić information content (AvgIpc) is 2.04. The summed E-state index contributed by atoms with van der Waals surface area (Å²) >= 11 is 0. The van der Waals surface area contributed by atoms with E-state index in [1.165, 1.54) is 0 Å². The molecule has 0 spiro atoms. The van der Waals surface area contributed by atoms with E-state index in [0.29, 0.717) is 17.9 Å². The highest BCUT2D eigenvalue weighted by molar-refractivity contribution is 5.20. The van der Waals surface area contributed by atoms with Crippen LogP contribution in [0.15, 0.2) is 18.2 Å². The van der Waals surface area contributed by atoms with Crippen LogP contribution in [0.2, 0.25) is 0 Å². The molecule has 1 fully saturated rings. The van der Waals surface area contributed by atoms with E-state index in [4.69, 9.17) is 0 Å². The summed E-state index contributed by atoms with van der Waals surface area (Å²) in [5.74, 6) is -0.963. The van der Waals surface area contributed by atoms with E-state index >= 15 is 0 Å². The van der Waals surface area contributed by atoms with Crippen molar-refractivity contribution in [3.8, 4) is 0 Å². The van der Waals surface area contributed by atoms with Crippen LogP contribution in [0.3, 0.4) is 0 Å². The molecule has 1 aliphatic rings. The Morgan fingerprint density at radius 2 is 2.08 bits per heavy atom. The third-order valence-corrected chi connectivity index (χ3v) is 2.41. The van der Waals surface area contributed by atoms with Gasteiger partial charge in [0.2, 0.25) is 0 Å². The fourth-order valence-corrected chi connectivity index (χ4v) is 1.51. The summed E-state index contributed by atoms with van der Waals surface area (Å²) in [5, 5.41) is 3.10. The van der Waals surface area contributed by atoms with Gasteiger partial charge in [0.15, 0.2) is 11.6 Å². The fraction of sp³-hybridized carbons (Fsp3) is 0.400. The summed E-state index contributed by atoms with van der Waals surface area (Å²) in [6, 6.07) is 4.36. The highest BCUT2D eigenvalue weighted by Crippen LogP contribution is 2.17. The number of benzene rings is 1. The van der Waals surface area contributed by atoms with E-state index in [9.17, 15) is 8.78 Å². The molecule has 1 aromatic rings. The van der Waals surface area contributed by atoms with Gasteiger partial charge < -0.3 is 5.32 Å². The van der Waals surface area contributed by atoms with Crippen molar-refractivity contribution in [2.75, 3.05) is 13.1 Å². The minimum atomic E-state index is -0.746. The van der Waals surface area contributed by atoms with Crippen molar-refractivity contribution in [3.63, 3.8) is 0 Å². The van der Waals surface area contributed by atoms with Gasteiger partial charge in [-0.05, 0) is 37.1 Å². The van der Waals surface area contributed by atoms with Crippen LogP contribution in [-0.2, 0) is 6.42 Å². The summed E-state index contributed by atoms with van der Waals surface area (Å²) in [6.45, 7) is 1.83. The third-order valence-electron chi connectivity index (χ3n) is 2.41. The first-order valence-corrected chi connectivity index (χ1v) is 4.41. The summed E-state index contributed by atoms with van der Waals surface area (Å²) in [5.41, 5.74) is 0.492. The van der Waals surface area contributed by atoms with E-state index in [0.717, 1.165) is 19.2 Å². The molecule has 0 atom stereocenters. The van der Waals surface area contributed by atoms with Crippen LogP contribution >= 0.6 is 0 Å². The van der Waals surface area contributed by atoms with E-state index in [2.05, 4.69) is 5.32 Å². The molecular formula is C10H11F2N. The highest BCUT2D eigenvalue weighted by atomic mass is 19.2. The highest BCUT2D eigenvalue weighted by Gasteiger charge is 2.19. The Kier molecular flexibility index (Phi) is 2.27. The van der Waals surface area contributed by atoms with Crippen molar-refractivity contribution in [2.24, 2.45) is 5.92 Å². The minimum Gasteiger partial charge on any atom is -0.316 e. The Balaban J connectivity index is 2.14. The molecular weight excluding hydrogens is 172 g/mol. The predicted molar refractivity (Wildman–Crippen MR) is 46.4 cm³/mol. The molecule has 0 saturated carbocycles. The molecule has 1 heterocycles. The molecule has 1 saturated heterocycles. The van der Waals surface area contributed by atoms with Gasteiger partial charge in [-0.3, -0.25) is 0 Å². The van der Waals surface area contributed by atoms with Crippen molar-refractivity contribution < 1.29 is 8.78 Å². The van der Waals surface area contributed by atoms with E-state index in [-0.39, 0.29) is 0 Å². The second-order valence-electron chi connectivity index (χ2n) is 3.44. The van der Waals surface area contributed by atoms with Gasteiger partial charge in [-0.1, -0.05) is 12.1 Å². The van der Waals surface area contributed by atoms with Crippen LogP contribution in [0.5, 0.6) is 0 Å². The lowest BCUT2D eigenvalue weighted by Crippen LogP contribution is -2.43. The number of hydrogen-bond donors (Lipinski definition) is 1. The molecule has 1 nitrogen and oxygen atoms in total. The summed E-state index contributed by atoms with van der Waals surface area (Å²) in [6.07, 6.45) is 0.636. The van der Waals surface area contributed by atoms with E-state index in [1.807, 2.05) is 0 Å². The van der Waals surface area contributed by atoms with Gasteiger partial charge in [0.25, 0.3) is 0 Å². The maximum Gasteiger partial charge on any atom is 0.162 e. The van der Waals surface area contributed by atoms with Gasteiger partial charge in [-0.25, -0.2) is 8.78 Å². The molecule has 70 valence electrons. The fourth-order valence-electron chi connectivity index (χ4n) is 1.51. The van der Waals surface area contributed by atoms with Gasteiger partial charge in [0, 0.05) is 0 Å². The maximum atomic E-state index is 13.1. The minimum absolute atomic E-state index is 0.469. The van der Waals surface area contributed by atoms with Crippen LogP contribution in [0.1, 0.15) is 5.56 Å². The molecule has 0 aliphatic carbocycles. The van der Waals surface area contributed by atoms with E-state index < -0.39 is 11.6 Å². The lowest BCUT2D eigenvalue weighted by molar-refractivity contribution is 0.340. The van der Waals surface area contributed by atoms with Crippen LogP contribution in [-0.4, -0.2) is 13.1 Å². The van der Waals surface area contributed by atoms with E-state index in [1.54, 1.807) is 12.1 Å². The lowest BCUT2D eigenvalue weighted by Gasteiger charge is -2.27. The molecule has 3 heteroatoms. The third kappa shape index (κ3) is 1.70. The molecule has 1 aliphatic heterocycles. The summed E-state index contributed by atoms with van der Waals surface area (Å²) in [7, 11) is 0. The Morgan fingerprint density at radius 3 is 2.69 bits per heavy atom. The first-order chi connectivity index (χ1) is 6.27. The second-order valence-corrected chi connectivity index (χ2v) is 3.44. The SMILES string of the molecule is Fc1cccc(CC2CNC2)c1F. The smallest absolute Gasteiger partial charge is 0.162 e. The number of nitrogens with one attached hydrogen (secondary N) is 1. The number of hydrogen-bond acceptors (Lipinski definition) is 1. The quantitative estimate of drug-likeness (QED) is 0.736. The average molecular weight is 183 g/mol. The lowest BCUT2D eigenvalue weighted by atomic mass is 9.94. The molecule has 0 amide bonds. The molecule has 1 aromatic carbocycles. The molecule has 13 heavy (non-hydrogen) atoms. The summed E-state index contributed by atoms with van der Waals surface area (Å²) in [4.78, 5) is 0. The van der Waals surface area contributed by atoms with Crippen LogP contribution in [0.25, 0.3) is 0 Å². The second kappa shape index (κ2) is 3.42. The Bertz CT molecular complexity index is 308. The normalized spacial score (nSPS) is 17.1. The van der Waals surface area contributed by atoms with Crippen molar-refractivity contribution in [1.82, 2.24) is 5.32 Å². The Labute approximate surface area is 75.8 Å². The molecule has 0 unspecified atom stereocenters. The van der Waals surface area contributed by atoms with Crippen molar-refractivity contribution in [2.45, 2.75) is 6.42 Å². The number of rotatable bonds is 2. The van der Waals surface area contributed by atoms with Crippen molar-refractivity contribution in [3.05, 3.63) is 35.4 Å². The standard InChI is InChI=1S/C10H11F2N/c11-9-3-1-2-8(10(9)12)4-7-5-13-6-7/h1-3,7,13H,4-6H2. The molecule has 0 bridgehead atoms. The monoisotopic (exact) mass is 183 g/mol. The number of halogens is 2. The van der Waals surface area contributed by atoms with Gasteiger partial charge in [-0.15, -0.1) is 0 Å². The zero-order chi connectivity index (χ0) is 9.26. The first kappa shape index (κ1) is 8.63. The first-order valence-electron chi connectivity index (χ1n) is 4.41. The largest absolute Gasteiger partial charge is 0.316 e. The molecule has 1 N–H and O–H groups in total. The Hall–Kier alpha value is -0.960.